The third kappa shape index (κ3) is 1.47. The molecule has 1 heterocycles. The summed E-state index contributed by atoms with van der Waals surface area (Å²) in [5, 5.41) is 9.09. The number of rotatable bonds is 3. The van der Waals surface area contributed by atoms with E-state index in [2.05, 4.69) is 0 Å². The topological polar surface area (TPSA) is 74.7 Å². The summed E-state index contributed by atoms with van der Waals surface area (Å²) in [6.07, 6.45) is 0. The lowest BCUT2D eigenvalue weighted by molar-refractivity contribution is -0.135. The average Bonchev–Trinajstić information content (AvgIpc) is 2.11. The molecule has 0 bridgehead atoms. The molecule has 1 fully saturated rings. The number of hydrogen-bond acceptors (Lipinski definition) is 4. The molecule has 0 aromatic heterocycles. The molecule has 1 amide bonds. The molecule has 1 saturated heterocycles. The first-order chi connectivity index (χ1) is 6.67. The molecule has 0 aliphatic carbocycles. The fourth-order valence-electron chi connectivity index (χ4n) is 1.58. The summed E-state index contributed by atoms with van der Waals surface area (Å²) in [6.45, 7) is 5.98. The summed E-state index contributed by atoms with van der Waals surface area (Å²) in [6, 6.07) is -0.643. The molecule has 1 aliphatic rings. The van der Waals surface area contributed by atoms with Crippen molar-refractivity contribution in [3.05, 3.63) is 0 Å². The van der Waals surface area contributed by atoms with Crippen molar-refractivity contribution in [2.75, 3.05) is 6.61 Å². The second kappa shape index (κ2) is 3.45. The van der Waals surface area contributed by atoms with Crippen LogP contribution >= 0.6 is 0 Å². The van der Waals surface area contributed by atoms with Gasteiger partial charge in [0.05, 0.1) is 12.6 Å². The van der Waals surface area contributed by atoms with E-state index in [1.54, 1.807) is 13.8 Å². The third-order valence-electron chi connectivity index (χ3n) is 2.88. The van der Waals surface area contributed by atoms with E-state index in [4.69, 9.17) is 5.11 Å². The van der Waals surface area contributed by atoms with Crippen molar-refractivity contribution in [2.45, 2.75) is 38.5 Å². The lowest BCUT2D eigenvalue weighted by Crippen LogP contribution is -2.71. The molecule has 0 radical (unpaired) electrons. The van der Waals surface area contributed by atoms with Crippen LogP contribution in [0.15, 0.2) is 0 Å². The second-order valence-corrected chi connectivity index (χ2v) is 6.97. The van der Waals surface area contributed by atoms with Gasteiger partial charge in [0, 0.05) is 0 Å². The van der Waals surface area contributed by atoms with E-state index in [1.165, 1.54) is 13.8 Å². The molecular weight excluding hydrogens is 218 g/mol. The van der Waals surface area contributed by atoms with Gasteiger partial charge in [0.2, 0.25) is 0 Å². The molecule has 15 heavy (non-hydrogen) atoms. The zero-order valence-electron chi connectivity index (χ0n) is 9.39. The molecule has 0 aromatic rings. The zero-order chi connectivity index (χ0) is 12.0. The molecule has 1 aliphatic heterocycles. The normalized spacial score (nSPS) is 25.2. The van der Waals surface area contributed by atoms with Crippen LogP contribution in [-0.2, 0) is 14.8 Å². The van der Waals surface area contributed by atoms with E-state index in [9.17, 15) is 13.2 Å². The number of carbonyl (C=O) groups excluding carboxylic acids is 1. The number of sulfonamides is 1. The van der Waals surface area contributed by atoms with Gasteiger partial charge in [-0.15, -0.1) is 0 Å². The average molecular weight is 235 g/mol. The van der Waals surface area contributed by atoms with Gasteiger partial charge in [-0.2, -0.15) is 0 Å². The molecule has 1 atom stereocenters. The van der Waals surface area contributed by atoms with E-state index in [0.717, 1.165) is 4.31 Å². The minimum atomic E-state index is -3.58. The molecule has 1 N–H and O–H groups in total. The van der Waals surface area contributed by atoms with Crippen molar-refractivity contribution in [1.29, 1.82) is 0 Å². The Labute approximate surface area is 90.1 Å². The zero-order valence-corrected chi connectivity index (χ0v) is 10.2. The van der Waals surface area contributed by atoms with E-state index in [0.29, 0.717) is 0 Å². The summed E-state index contributed by atoms with van der Waals surface area (Å²) in [5.74, 6) is -0.528. The van der Waals surface area contributed by atoms with Crippen LogP contribution in [0.2, 0.25) is 0 Å². The van der Waals surface area contributed by atoms with Crippen LogP contribution in [0.5, 0.6) is 0 Å². The maximum absolute atomic E-state index is 11.8. The highest BCUT2D eigenvalue weighted by atomic mass is 32.2. The first-order valence-corrected chi connectivity index (χ1v) is 6.31. The van der Waals surface area contributed by atoms with Gasteiger partial charge in [-0.25, -0.2) is 12.7 Å². The van der Waals surface area contributed by atoms with Crippen molar-refractivity contribution < 1.29 is 18.3 Å². The van der Waals surface area contributed by atoms with Crippen LogP contribution in [0, 0.1) is 5.92 Å². The number of carbonyl (C=O) groups is 1. The van der Waals surface area contributed by atoms with Crippen LogP contribution in [0.25, 0.3) is 0 Å². The maximum atomic E-state index is 11.8. The maximum Gasteiger partial charge on any atom is 0.259 e. The molecule has 88 valence electrons. The van der Waals surface area contributed by atoms with Gasteiger partial charge in [0.15, 0.2) is 4.75 Å². The molecule has 0 spiro atoms. The smallest absolute Gasteiger partial charge is 0.259 e. The van der Waals surface area contributed by atoms with Gasteiger partial charge < -0.3 is 5.11 Å². The van der Waals surface area contributed by atoms with Gasteiger partial charge in [-0.3, -0.25) is 4.79 Å². The van der Waals surface area contributed by atoms with Crippen molar-refractivity contribution in [1.82, 2.24) is 4.31 Å². The van der Waals surface area contributed by atoms with Gasteiger partial charge in [-0.05, 0) is 19.8 Å². The Morgan fingerprint density at radius 3 is 2.13 bits per heavy atom. The van der Waals surface area contributed by atoms with Crippen LogP contribution in [-0.4, -0.2) is 41.1 Å². The summed E-state index contributed by atoms with van der Waals surface area (Å²) < 4.78 is 23.0. The number of aliphatic hydroxyl groups is 1. The first kappa shape index (κ1) is 12.4. The minimum Gasteiger partial charge on any atom is -0.394 e. The molecule has 0 aromatic carbocycles. The van der Waals surface area contributed by atoms with Crippen LogP contribution in [0.3, 0.4) is 0 Å². The quantitative estimate of drug-likeness (QED) is 0.744. The Balaban J connectivity index is 3.06. The standard InChI is InChI=1S/C9H17NO4S/c1-6(2)7(5-11)10-8(12)9(3,4)15(10,13)14/h6-7,11H,5H2,1-4H3/t7-/m0/s1. The third-order valence-corrected chi connectivity index (χ3v) is 5.30. The monoisotopic (exact) mass is 235 g/mol. The van der Waals surface area contributed by atoms with Crippen LogP contribution < -0.4 is 0 Å². The molecular formula is C9H17NO4S. The second-order valence-electron chi connectivity index (χ2n) is 4.61. The Morgan fingerprint density at radius 1 is 1.40 bits per heavy atom. The number of amides is 1. The molecule has 0 unspecified atom stereocenters. The number of hydrogen-bond donors (Lipinski definition) is 1. The van der Waals surface area contributed by atoms with Crippen molar-refractivity contribution >= 4 is 15.9 Å². The molecule has 6 heteroatoms. The summed E-state index contributed by atoms with van der Waals surface area (Å²) in [7, 11) is -3.58. The Bertz CT molecular complexity index is 372. The van der Waals surface area contributed by atoms with Gasteiger partial charge >= 0.3 is 0 Å². The fourth-order valence-corrected chi connectivity index (χ4v) is 3.37. The van der Waals surface area contributed by atoms with Gasteiger partial charge in [0.25, 0.3) is 15.9 Å². The summed E-state index contributed by atoms with van der Waals surface area (Å²) in [5.41, 5.74) is 0. The lowest BCUT2D eigenvalue weighted by atomic mass is 10.0. The predicted molar refractivity (Wildman–Crippen MR) is 55.6 cm³/mol. The molecule has 0 saturated carbocycles. The highest BCUT2D eigenvalue weighted by Gasteiger charge is 2.62. The minimum absolute atomic E-state index is 0.0928. The Morgan fingerprint density at radius 2 is 1.87 bits per heavy atom. The van der Waals surface area contributed by atoms with Gasteiger partial charge in [0.1, 0.15) is 0 Å². The van der Waals surface area contributed by atoms with Crippen LogP contribution in [0.4, 0.5) is 0 Å². The SMILES string of the molecule is CC(C)[C@H](CO)N1C(=O)C(C)(C)S1(=O)=O. The van der Waals surface area contributed by atoms with Crippen molar-refractivity contribution in [3.8, 4) is 0 Å². The summed E-state index contributed by atoms with van der Waals surface area (Å²) >= 11 is 0. The summed E-state index contributed by atoms with van der Waals surface area (Å²) in [4.78, 5) is 11.6. The Kier molecular flexibility index (Phi) is 2.86. The lowest BCUT2D eigenvalue weighted by Gasteiger charge is -2.47. The highest BCUT2D eigenvalue weighted by molar-refractivity contribution is 7.94. The highest BCUT2D eigenvalue weighted by Crippen LogP contribution is 2.37. The van der Waals surface area contributed by atoms with E-state index < -0.39 is 26.7 Å². The van der Waals surface area contributed by atoms with E-state index in [-0.39, 0.29) is 12.5 Å². The molecule has 5 nitrogen and oxygen atoms in total. The number of nitrogens with zero attached hydrogens (tertiary/aromatic N) is 1. The fraction of sp³-hybridized carbons (Fsp3) is 0.889. The van der Waals surface area contributed by atoms with E-state index >= 15 is 0 Å². The molecule has 1 rings (SSSR count). The van der Waals surface area contributed by atoms with Crippen LogP contribution in [0.1, 0.15) is 27.7 Å². The number of aliphatic hydroxyl groups excluding tert-OH is 1. The first-order valence-electron chi connectivity index (χ1n) is 4.87. The van der Waals surface area contributed by atoms with E-state index in [1.807, 2.05) is 0 Å². The Hall–Kier alpha value is -0.620. The largest absolute Gasteiger partial charge is 0.394 e. The van der Waals surface area contributed by atoms with Crippen molar-refractivity contribution in [3.63, 3.8) is 0 Å². The van der Waals surface area contributed by atoms with Gasteiger partial charge in [-0.1, -0.05) is 13.8 Å². The predicted octanol–water partition coefficient (Wildman–Crippen LogP) is -0.0461. The van der Waals surface area contributed by atoms with Crippen molar-refractivity contribution in [2.24, 2.45) is 5.92 Å².